The number of hydrogen-bond donors (Lipinski definition) is 1. The lowest BCUT2D eigenvalue weighted by Gasteiger charge is -2.10. The smallest absolute Gasteiger partial charge is 0.341 e. The minimum atomic E-state index is -1.32. The van der Waals surface area contributed by atoms with E-state index in [1.165, 1.54) is 7.11 Å². The molecule has 0 spiro atoms. The molecule has 1 unspecified atom stereocenters. The topological polar surface area (TPSA) is 206 Å². The van der Waals surface area contributed by atoms with Crippen LogP contribution < -0.4 is 0 Å². The van der Waals surface area contributed by atoms with Crippen LogP contribution in [-0.2, 0) is 66.4 Å². The zero-order valence-corrected chi connectivity index (χ0v) is 26.6. The number of esters is 1. The monoisotopic (exact) mass is 659 g/mol. The van der Waals surface area contributed by atoms with E-state index in [0.717, 1.165) is 0 Å². The molecule has 0 bridgehead atoms. The van der Waals surface area contributed by atoms with Gasteiger partial charge in [0, 0.05) is 4.91 Å². The van der Waals surface area contributed by atoms with E-state index in [4.69, 9.17) is 67.5 Å². The molecule has 0 aliphatic carbocycles. The highest BCUT2D eigenvalue weighted by molar-refractivity contribution is 5.74. The third-order valence-electron chi connectivity index (χ3n) is 5.02. The fourth-order valence-corrected chi connectivity index (χ4v) is 2.88. The number of hydrogen-bond acceptors (Lipinski definition) is 16. The van der Waals surface area contributed by atoms with Crippen molar-refractivity contribution in [2.24, 2.45) is 5.11 Å². The van der Waals surface area contributed by atoms with Gasteiger partial charge in [-0.1, -0.05) is 5.11 Å². The maximum atomic E-state index is 11.3. The van der Waals surface area contributed by atoms with Crippen molar-refractivity contribution in [2.75, 3.05) is 166 Å². The van der Waals surface area contributed by atoms with Crippen LogP contribution in [0.3, 0.4) is 0 Å². The summed E-state index contributed by atoms with van der Waals surface area (Å²) in [5.74, 6) is -0.773. The van der Waals surface area contributed by atoms with E-state index in [1.807, 2.05) is 0 Å². The maximum absolute atomic E-state index is 11.3. The summed E-state index contributed by atoms with van der Waals surface area (Å²) in [6.07, 6.45) is -1.32. The van der Waals surface area contributed by atoms with Crippen molar-refractivity contribution in [2.45, 2.75) is 6.23 Å². The first-order valence-corrected chi connectivity index (χ1v) is 15.0. The number of nitrogens with zero attached hydrogens (tertiary/aromatic N) is 3. The standard InChI is InChI=1S/C27H53N3O15/c1-33-27(32)26(29-30-28)45-25-24-44-23-22-43-21-20-42-19-18-41-17-16-40-15-14-39-13-12-38-11-10-37-9-8-36-7-6-35-5-4-34-3-2-31/h26,31H,2-25H2,1H3. The van der Waals surface area contributed by atoms with E-state index >= 15 is 0 Å². The molecule has 0 saturated carbocycles. The number of carbonyl (C=O) groups is 1. The minimum absolute atomic E-state index is 0.0172. The van der Waals surface area contributed by atoms with Gasteiger partial charge in [-0.25, -0.2) is 4.79 Å². The third-order valence-corrected chi connectivity index (χ3v) is 5.02. The van der Waals surface area contributed by atoms with Crippen LogP contribution in [-0.4, -0.2) is 183 Å². The lowest BCUT2D eigenvalue weighted by molar-refractivity contribution is -0.154. The lowest BCUT2D eigenvalue weighted by Crippen LogP contribution is -2.25. The van der Waals surface area contributed by atoms with Crippen LogP contribution in [0.2, 0.25) is 0 Å². The summed E-state index contributed by atoms with van der Waals surface area (Å²) in [4.78, 5) is 13.8. The summed E-state index contributed by atoms with van der Waals surface area (Å²) in [6, 6.07) is 0. The number of ether oxygens (including phenoxy) is 13. The van der Waals surface area contributed by atoms with Gasteiger partial charge in [0.05, 0.1) is 166 Å². The fraction of sp³-hybridized carbons (Fsp3) is 0.963. The van der Waals surface area contributed by atoms with Gasteiger partial charge < -0.3 is 66.7 Å². The Morgan fingerprint density at radius 2 is 0.756 bits per heavy atom. The molecule has 0 aromatic heterocycles. The molecule has 0 aliphatic rings. The Bertz CT molecular complexity index is 663. The maximum Gasteiger partial charge on any atom is 0.341 e. The number of carbonyl (C=O) groups excluding carboxylic acids is 1. The van der Waals surface area contributed by atoms with E-state index in [0.29, 0.717) is 139 Å². The first-order chi connectivity index (χ1) is 22.3. The Morgan fingerprint density at radius 1 is 0.511 bits per heavy atom. The molecule has 1 N–H and O–H groups in total. The molecule has 0 aromatic rings. The van der Waals surface area contributed by atoms with Gasteiger partial charge in [-0.3, -0.25) is 0 Å². The third kappa shape index (κ3) is 35.0. The molecule has 0 radical (unpaired) electrons. The summed E-state index contributed by atoms with van der Waals surface area (Å²) in [5.41, 5.74) is 8.39. The summed E-state index contributed by atoms with van der Waals surface area (Å²) in [7, 11) is 1.17. The summed E-state index contributed by atoms with van der Waals surface area (Å²) in [5, 5.41) is 11.8. The van der Waals surface area contributed by atoms with Gasteiger partial charge in [0.2, 0.25) is 6.23 Å². The van der Waals surface area contributed by atoms with Crippen molar-refractivity contribution >= 4 is 5.97 Å². The van der Waals surface area contributed by atoms with Gasteiger partial charge in [0.1, 0.15) is 0 Å². The predicted octanol–water partition coefficient (Wildman–Crippen LogP) is -0.0127. The van der Waals surface area contributed by atoms with Crippen molar-refractivity contribution < 1.29 is 71.5 Å². The largest absolute Gasteiger partial charge is 0.467 e. The highest BCUT2D eigenvalue weighted by Gasteiger charge is 2.17. The summed E-state index contributed by atoms with van der Waals surface area (Å²) < 4.78 is 68.6. The molecular weight excluding hydrogens is 606 g/mol. The number of aliphatic hydroxyl groups excluding tert-OH is 1. The number of azide groups is 1. The Labute approximate surface area is 265 Å². The summed E-state index contributed by atoms with van der Waals surface area (Å²) >= 11 is 0. The van der Waals surface area contributed by atoms with Crippen molar-refractivity contribution in [1.29, 1.82) is 0 Å². The van der Waals surface area contributed by atoms with Gasteiger partial charge in [0.25, 0.3) is 0 Å². The van der Waals surface area contributed by atoms with E-state index in [9.17, 15) is 4.79 Å². The first-order valence-electron chi connectivity index (χ1n) is 15.0. The second kappa shape index (κ2) is 38.4. The molecule has 0 aliphatic heterocycles. The van der Waals surface area contributed by atoms with Gasteiger partial charge in [0.15, 0.2) is 0 Å². The molecule has 0 fully saturated rings. The van der Waals surface area contributed by atoms with Gasteiger partial charge in [-0.2, -0.15) is 0 Å². The van der Waals surface area contributed by atoms with Crippen LogP contribution in [0, 0.1) is 0 Å². The average molecular weight is 660 g/mol. The molecule has 1 atom stereocenters. The number of methoxy groups -OCH3 is 1. The molecule has 0 heterocycles. The van der Waals surface area contributed by atoms with Crippen molar-refractivity contribution in [1.82, 2.24) is 0 Å². The summed E-state index contributed by atoms with van der Waals surface area (Å²) in [6.45, 7) is 9.83. The fourth-order valence-electron chi connectivity index (χ4n) is 2.88. The average Bonchev–Trinajstić information content (AvgIpc) is 3.05. The zero-order chi connectivity index (χ0) is 32.7. The number of aliphatic hydroxyl groups is 1. The minimum Gasteiger partial charge on any atom is -0.467 e. The highest BCUT2D eigenvalue weighted by atomic mass is 16.6. The molecule has 0 amide bonds. The van der Waals surface area contributed by atoms with E-state index in [1.54, 1.807) is 0 Å². The van der Waals surface area contributed by atoms with Gasteiger partial charge >= 0.3 is 5.97 Å². The van der Waals surface area contributed by atoms with Gasteiger partial charge in [-0.15, -0.1) is 0 Å². The van der Waals surface area contributed by atoms with Gasteiger partial charge in [-0.05, 0) is 5.53 Å². The van der Waals surface area contributed by atoms with Crippen molar-refractivity contribution in [3.05, 3.63) is 10.4 Å². The normalized spacial score (nSPS) is 11.9. The lowest BCUT2D eigenvalue weighted by atomic mass is 10.6. The van der Waals surface area contributed by atoms with E-state index in [2.05, 4.69) is 14.8 Å². The number of rotatable bonds is 38. The van der Waals surface area contributed by atoms with Crippen LogP contribution >= 0.6 is 0 Å². The molecule has 0 aromatic carbocycles. The van der Waals surface area contributed by atoms with Crippen LogP contribution in [0.15, 0.2) is 5.11 Å². The Hall–Kier alpha value is -1.74. The second-order valence-electron chi connectivity index (χ2n) is 8.41. The quantitative estimate of drug-likeness (QED) is 0.0304. The van der Waals surface area contributed by atoms with Crippen LogP contribution in [0.25, 0.3) is 10.4 Å². The molecular formula is C27H53N3O15. The SMILES string of the molecule is COC(=O)C(N=[N+]=[N-])OCCOCCOCCOCCOCCOCCOCCOCCOCCOCCOCCOCCO. The first kappa shape index (κ1) is 43.3. The second-order valence-corrected chi connectivity index (χ2v) is 8.41. The van der Waals surface area contributed by atoms with Crippen molar-refractivity contribution in [3.63, 3.8) is 0 Å². The van der Waals surface area contributed by atoms with Crippen LogP contribution in [0.1, 0.15) is 0 Å². The zero-order valence-electron chi connectivity index (χ0n) is 26.6. The van der Waals surface area contributed by atoms with Crippen LogP contribution in [0.5, 0.6) is 0 Å². The molecule has 266 valence electrons. The molecule has 18 heteroatoms. The predicted molar refractivity (Wildman–Crippen MR) is 157 cm³/mol. The molecule has 0 rings (SSSR count). The van der Waals surface area contributed by atoms with E-state index < -0.39 is 12.2 Å². The highest BCUT2D eigenvalue weighted by Crippen LogP contribution is 1.98. The Balaban J connectivity index is 3.14. The van der Waals surface area contributed by atoms with Crippen LogP contribution in [0.4, 0.5) is 0 Å². The van der Waals surface area contributed by atoms with Crippen molar-refractivity contribution in [3.8, 4) is 0 Å². The Morgan fingerprint density at radius 3 is 0.978 bits per heavy atom. The molecule has 18 nitrogen and oxygen atoms in total. The Kier molecular flexibility index (Phi) is 37.0. The van der Waals surface area contributed by atoms with E-state index in [-0.39, 0.29) is 19.8 Å². The molecule has 0 saturated heterocycles. The molecule has 45 heavy (non-hydrogen) atoms.